The van der Waals surface area contributed by atoms with E-state index < -0.39 is 40.6 Å². The van der Waals surface area contributed by atoms with E-state index in [1.807, 2.05) is 13.0 Å². The molecule has 3 heterocycles. The Hall–Kier alpha value is -4.74. The second-order valence-corrected chi connectivity index (χ2v) is 12.3. The third-order valence-electron chi connectivity index (χ3n) is 8.60. The van der Waals surface area contributed by atoms with Crippen LogP contribution in [0.1, 0.15) is 48.7 Å². The van der Waals surface area contributed by atoms with E-state index in [0.717, 1.165) is 5.56 Å². The van der Waals surface area contributed by atoms with E-state index in [1.165, 1.54) is 46.6 Å². The number of piperazine rings is 1. The van der Waals surface area contributed by atoms with Gasteiger partial charge in [0.25, 0.3) is 11.6 Å². The molecule has 2 aliphatic heterocycles. The molecule has 0 spiro atoms. The second-order valence-electron chi connectivity index (χ2n) is 11.3. The molecule has 0 aliphatic carbocycles. The summed E-state index contributed by atoms with van der Waals surface area (Å²) in [6.45, 7) is 3.82. The lowest BCUT2D eigenvalue weighted by molar-refractivity contribution is -0.385. The van der Waals surface area contributed by atoms with Crippen molar-refractivity contribution in [2.24, 2.45) is 5.92 Å². The van der Waals surface area contributed by atoms with Gasteiger partial charge in [-0.1, -0.05) is 54.1 Å². The molecule has 230 valence electrons. The van der Waals surface area contributed by atoms with Crippen LogP contribution in [0, 0.1) is 28.8 Å². The molecule has 0 bridgehead atoms. The standard InChI is InChI=1S/C34H31FN4O5S/c1-21-5-2-7-24(19-21)32(40)29-28(22-10-12-25(35)13-11-22)31(34(42)37-16-14-36-15-17-37)38(33(41)27-9-4-18-45-27)30(29)23-6-3-8-26(20-23)39(43)44/h2-13,18-20,28-31,36H,14-17H2,1H3. The van der Waals surface area contributed by atoms with Crippen molar-refractivity contribution >= 4 is 34.6 Å². The SMILES string of the molecule is Cc1cccc(C(=O)C2C(c3ccc(F)cc3)C(C(=O)N3CCNCC3)N(C(=O)c3cccs3)C2c2cccc([N+](=O)[O-])c2)c1. The molecule has 4 atom stereocenters. The Morgan fingerprint density at radius 3 is 2.33 bits per heavy atom. The van der Waals surface area contributed by atoms with E-state index in [2.05, 4.69) is 5.32 Å². The summed E-state index contributed by atoms with van der Waals surface area (Å²) in [6.07, 6.45) is 0. The first-order valence-electron chi connectivity index (χ1n) is 14.7. The van der Waals surface area contributed by atoms with Crippen LogP contribution in [0.25, 0.3) is 0 Å². The first-order chi connectivity index (χ1) is 21.7. The summed E-state index contributed by atoms with van der Waals surface area (Å²) in [5.74, 6) is -3.49. The lowest BCUT2D eigenvalue weighted by atomic mass is 9.75. The third kappa shape index (κ3) is 5.88. The van der Waals surface area contributed by atoms with Gasteiger partial charge in [0.15, 0.2) is 5.78 Å². The highest BCUT2D eigenvalue weighted by atomic mass is 32.1. The molecule has 2 saturated heterocycles. The van der Waals surface area contributed by atoms with E-state index >= 15 is 0 Å². The lowest BCUT2D eigenvalue weighted by Crippen LogP contribution is -2.54. The summed E-state index contributed by atoms with van der Waals surface area (Å²) >= 11 is 1.21. The number of ketones is 1. The van der Waals surface area contributed by atoms with Crippen LogP contribution in [0.4, 0.5) is 10.1 Å². The maximum Gasteiger partial charge on any atom is 0.269 e. The number of halogens is 1. The number of carbonyl (C=O) groups excluding carboxylic acids is 3. The number of rotatable bonds is 7. The highest BCUT2D eigenvalue weighted by Gasteiger charge is 2.58. The minimum atomic E-state index is -1.15. The van der Waals surface area contributed by atoms with Gasteiger partial charge in [-0.3, -0.25) is 24.5 Å². The number of nitro groups is 1. The van der Waals surface area contributed by atoms with Crippen molar-refractivity contribution in [2.45, 2.75) is 24.9 Å². The van der Waals surface area contributed by atoms with Crippen molar-refractivity contribution in [2.75, 3.05) is 26.2 Å². The molecular weight excluding hydrogens is 595 g/mol. The molecule has 6 rings (SSSR count). The molecule has 1 aromatic heterocycles. The van der Waals surface area contributed by atoms with E-state index in [-0.39, 0.29) is 17.4 Å². The number of nitro benzene ring substituents is 1. The molecule has 3 aromatic carbocycles. The third-order valence-corrected chi connectivity index (χ3v) is 9.46. The Morgan fingerprint density at radius 1 is 0.933 bits per heavy atom. The van der Waals surface area contributed by atoms with Crippen LogP contribution in [0.5, 0.6) is 0 Å². The summed E-state index contributed by atoms with van der Waals surface area (Å²) < 4.78 is 14.3. The van der Waals surface area contributed by atoms with Gasteiger partial charge in [0, 0.05) is 49.8 Å². The van der Waals surface area contributed by atoms with Gasteiger partial charge < -0.3 is 15.1 Å². The molecule has 4 aromatic rings. The number of nitrogens with one attached hydrogen (secondary N) is 1. The van der Waals surface area contributed by atoms with Crippen molar-refractivity contribution in [1.29, 1.82) is 0 Å². The van der Waals surface area contributed by atoms with E-state index in [9.17, 15) is 28.9 Å². The van der Waals surface area contributed by atoms with Gasteiger partial charge in [-0.25, -0.2) is 4.39 Å². The zero-order valence-corrected chi connectivity index (χ0v) is 25.3. The van der Waals surface area contributed by atoms with Gasteiger partial charge in [-0.15, -0.1) is 11.3 Å². The van der Waals surface area contributed by atoms with Crippen LogP contribution >= 0.6 is 11.3 Å². The Kier molecular flexibility index (Phi) is 8.55. The number of likely N-dealkylation sites (tertiary alicyclic amines) is 1. The van der Waals surface area contributed by atoms with Crippen molar-refractivity contribution in [1.82, 2.24) is 15.1 Å². The fourth-order valence-electron chi connectivity index (χ4n) is 6.60. The molecule has 11 heteroatoms. The van der Waals surface area contributed by atoms with Gasteiger partial charge in [0.05, 0.1) is 21.8 Å². The minimum Gasteiger partial charge on any atom is -0.338 e. The van der Waals surface area contributed by atoms with Crippen LogP contribution in [0.3, 0.4) is 0 Å². The van der Waals surface area contributed by atoms with Crippen molar-refractivity contribution < 1.29 is 23.7 Å². The Balaban J connectivity index is 1.63. The summed E-state index contributed by atoms with van der Waals surface area (Å²) in [4.78, 5) is 58.9. The normalized spacial score (nSPS) is 21.5. The average Bonchev–Trinajstić information content (AvgIpc) is 3.72. The topological polar surface area (TPSA) is 113 Å². The van der Waals surface area contributed by atoms with E-state index in [4.69, 9.17) is 0 Å². The zero-order valence-electron chi connectivity index (χ0n) is 24.5. The van der Waals surface area contributed by atoms with Crippen molar-refractivity contribution in [3.8, 4) is 0 Å². The fourth-order valence-corrected chi connectivity index (χ4v) is 7.27. The number of hydrogen-bond acceptors (Lipinski definition) is 7. The Morgan fingerprint density at radius 2 is 1.67 bits per heavy atom. The number of hydrogen-bond donors (Lipinski definition) is 1. The van der Waals surface area contributed by atoms with Crippen LogP contribution in [0.15, 0.2) is 90.3 Å². The minimum absolute atomic E-state index is 0.201. The van der Waals surface area contributed by atoms with Crippen LogP contribution in [0.2, 0.25) is 0 Å². The predicted octanol–water partition coefficient (Wildman–Crippen LogP) is 5.38. The lowest BCUT2D eigenvalue weighted by Gasteiger charge is -2.36. The highest BCUT2D eigenvalue weighted by Crippen LogP contribution is 2.52. The summed E-state index contributed by atoms with van der Waals surface area (Å²) in [5.41, 5.74) is 1.92. The highest BCUT2D eigenvalue weighted by molar-refractivity contribution is 7.12. The summed E-state index contributed by atoms with van der Waals surface area (Å²) in [7, 11) is 0. The number of non-ortho nitro benzene ring substituents is 1. The first-order valence-corrected chi connectivity index (χ1v) is 15.6. The molecule has 2 fully saturated rings. The zero-order chi connectivity index (χ0) is 31.7. The molecule has 4 unspecified atom stereocenters. The molecule has 0 saturated carbocycles. The predicted molar refractivity (Wildman–Crippen MR) is 168 cm³/mol. The quantitative estimate of drug-likeness (QED) is 0.167. The molecular formula is C34H31FN4O5S. The molecule has 0 radical (unpaired) electrons. The average molecular weight is 627 g/mol. The van der Waals surface area contributed by atoms with Crippen LogP contribution in [-0.2, 0) is 4.79 Å². The van der Waals surface area contributed by atoms with Crippen LogP contribution in [-0.4, -0.2) is 64.5 Å². The molecule has 9 nitrogen and oxygen atoms in total. The molecule has 45 heavy (non-hydrogen) atoms. The number of amides is 2. The number of aryl methyl sites for hydroxylation is 1. The van der Waals surface area contributed by atoms with E-state index in [1.54, 1.807) is 58.8 Å². The summed E-state index contributed by atoms with van der Waals surface area (Å²) in [5, 5.41) is 16.9. The number of carbonyl (C=O) groups is 3. The van der Waals surface area contributed by atoms with Crippen LogP contribution < -0.4 is 5.32 Å². The van der Waals surface area contributed by atoms with Crippen molar-refractivity contribution in [3.05, 3.63) is 133 Å². The summed E-state index contributed by atoms with van der Waals surface area (Å²) in [6, 6.07) is 19.8. The van der Waals surface area contributed by atoms with Gasteiger partial charge >= 0.3 is 0 Å². The first kappa shape index (κ1) is 30.3. The number of nitrogens with zero attached hydrogens (tertiary/aromatic N) is 3. The fraction of sp³-hybridized carbons (Fsp3) is 0.265. The molecule has 1 N–H and O–H groups in total. The Labute approximate surface area is 263 Å². The van der Waals surface area contributed by atoms with E-state index in [0.29, 0.717) is 47.7 Å². The van der Waals surface area contributed by atoms with Crippen molar-refractivity contribution in [3.63, 3.8) is 0 Å². The largest absolute Gasteiger partial charge is 0.338 e. The van der Waals surface area contributed by atoms with Gasteiger partial charge in [0.1, 0.15) is 11.9 Å². The number of benzene rings is 3. The Bertz CT molecular complexity index is 1740. The maximum atomic E-state index is 14.8. The number of thiophene rings is 1. The monoisotopic (exact) mass is 626 g/mol. The van der Waals surface area contributed by atoms with Gasteiger partial charge in [-0.05, 0) is 47.7 Å². The smallest absolute Gasteiger partial charge is 0.269 e. The maximum absolute atomic E-state index is 14.8. The number of Topliss-reactive ketones (excluding diaryl/α,β-unsaturated/α-hetero) is 1. The molecule has 2 aliphatic rings. The molecule has 2 amide bonds. The van der Waals surface area contributed by atoms with Gasteiger partial charge in [-0.2, -0.15) is 0 Å². The van der Waals surface area contributed by atoms with Gasteiger partial charge in [0.2, 0.25) is 5.91 Å². The second kappa shape index (κ2) is 12.7.